The lowest BCUT2D eigenvalue weighted by Gasteiger charge is -2.39. The second kappa shape index (κ2) is 17.4. The number of aryl methyl sites for hydroxylation is 2. The maximum atomic E-state index is 12.7. The number of rotatable bonds is 17. The summed E-state index contributed by atoms with van der Waals surface area (Å²) < 4.78 is 13.0. The van der Waals surface area contributed by atoms with E-state index in [1.165, 1.54) is 16.7 Å². The Balaban J connectivity index is 1.38. The molecule has 7 nitrogen and oxygen atoms in total. The lowest BCUT2D eigenvalue weighted by atomic mass is 10.0. The Bertz CT molecular complexity index is 1680. The molecular weight excluding hydrogens is 627 g/mol. The zero-order valence-electron chi connectivity index (χ0n) is 30.2. The molecule has 1 atom stereocenters. The Morgan fingerprint density at radius 1 is 0.837 bits per heavy atom. The van der Waals surface area contributed by atoms with Gasteiger partial charge >= 0.3 is 0 Å². The van der Waals surface area contributed by atoms with E-state index >= 15 is 0 Å². The standard InChI is InChI=1S/C41H53N3O4Si/c1-30-16-17-35(22-31(30)2)26-43-40(46)24-34-15-11-14-32(23-34)20-21-42-27-39(48-49(6,7)41(3,4)5)36-18-19-38(37(25-36)44-29-45)47-28-33-12-9-8-10-13-33/h8-19,22-23,25,29,39,42H,20-21,24,26-28H2,1-7H3,(H,43,46)(H,44,45)/t39-/m1/s1. The van der Waals surface area contributed by atoms with Crippen LogP contribution in [-0.2, 0) is 40.0 Å². The van der Waals surface area contributed by atoms with E-state index in [0.29, 0.717) is 44.0 Å². The summed E-state index contributed by atoms with van der Waals surface area (Å²) in [5.74, 6) is 0.622. The molecule has 4 aromatic carbocycles. The van der Waals surface area contributed by atoms with Gasteiger partial charge in [0.1, 0.15) is 12.4 Å². The Kier molecular flexibility index (Phi) is 13.4. The molecule has 0 bridgehead atoms. The van der Waals surface area contributed by atoms with Crippen molar-refractivity contribution in [2.24, 2.45) is 0 Å². The molecule has 3 N–H and O–H groups in total. The highest BCUT2D eigenvalue weighted by molar-refractivity contribution is 6.74. The third-order valence-corrected chi connectivity index (χ3v) is 13.9. The van der Waals surface area contributed by atoms with Crippen molar-refractivity contribution < 1.29 is 18.8 Å². The number of carbonyl (C=O) groups is 2. The Hall–Kier alpha value is -4.24. The molecule has 0 fully saturated rings. The van der Waals surface area contributed by atoms with Crippen molar-refractivity contribution in [3.8, 4) is 5.75 Å². The number of hydrogen-bond acceptors (Lipinski definition) is 5. The second-order valence-electron chi connectivity index (χ2n) is 14.3. The van der Waals surface area contributed by atoms with Crippen LogP contribution in [0.2, 0.25) is 18.1 Å². The summed E-state index contributed by atoms with van der Waals surface area (Å²) in [4.78, 5) is 24.3. The van der Waals surface area contributed by atoms with Gasteiger partial charge in [0.15, 0.2) is 8.32 Å². The van der Waals surface area contributed by atoms with Crippen LogP contribution >= 0.6 is 0 Å². The van der Waals surface area contributed by atoms with Crippen molar-refractivity contribution >= 4 is 26.3 Å². The van der Waals surface area contributed by atoms with E-state index in [1.807, 2.05) is 60.7 Å². The minimum absolute atomic E-state index is 0.0130. The van der Waals surface area contributed by atoms with E-state index in [9.17, 15) is 9.59 Å². The molecule has 0 heterocycles. The highest BCUT2D eigenvalue weighted by Gasteiger charge is 2.39. The number of amides is 2. The summed E-state index contributed by atoms with van der Waals surface area (Å²) in [7, 11) is -2.14. The molecule has 8 heteroatoms. The van der Waals surface area contributed by atoms with E-state index in [2.05, 4.69) is 94.0 Å². The van der Waals surface area contributed by atoms with Gasteiger partial charge in [0.2, 0.25) is 12.3 Å². The fourth-order valence-electron chi connectivity index (χ4n) is 5.27. The second-order valence-corrected chi connectivity index (χ2v) is 19.1. The quantitative estimate of drug-likeness (QED) is 0.0595. The number of carbonyl (C=O) groups excluding carboxylic acids is 2. The third kappa shape index (κ3) is 11.4. The highest BCUT2D eigenvalue weighted by atomic mass is 28.4. The monoisotopic (exact) mass is 679 g/mol. The summed E-state index contributed by atoms with van der Waals surface area (Å²) in [6, 6.07) is 30.4. The van der Waals surface area contributed by atoms with Crippen molar-refractivity contribution in [2.45, 2.75) is 84.8 Å². The van der Waals surface area contributed by atoms with Gasteiger partial charge in [-0.2, -0.15) is 0 Å². The summed E-state index contributed by atoms with van der Waals surface area (Å²) in [5, 5.41) is 9.54. The van der Waals surface area contributed by atoms with Crippen molar-refractivity contribution in [3.05, 3.63) is 130 Å². The first-order valence-corrected chi connectivity index (χ1v) is 20.1. The third-order valence-electron chi connectivity index (χ3n) is 9.41. The van der Waals surface area contributed by atoms with Gasteiger partial charge in [0.05, 0.1) is 18.2 Å². The smallest absolute Gasteiger partial charge is 0.224 e. The maximum Gasteiger partial charge on any atom is 0.224 e. The van der Waals surface area contributed by atoms with Crippen LogP contribution in [0.15, 0.2) is 91.0 Å². The minimum atomic E-state index is -2.14. The molecule has 0 unspecified atom stereocenters. The van der Waals surface area contributed by atoms with Gasteiger partial charge in [-0.1, -0.05) is 99.6 Å². The van der Waals surface area contributed by atoms with E-state index < -0.39 is 8.32 Å². The number of hydrogen-bond donors (Lipinski definition) is 3. The molecule has 4 aromatic rings. The zero-order valence-corrected chi connectivity index (χ0v) is 31.2. The van der Waals surface area contributed by atoms with Crippen LogP contribution < -0.4 is 20.7 Å². The van der Waals surface area contributed by atoms with Crippen molar-refractivity contribution in [1.29, 1.82) is 0 Å². The van der Waals surface area contributed by atoms with Crippen molar-refractivity contribution in [2.75, 3.05) is 18.4 Å². The SMILES string of the molecule is Cc1ccc(CNC(=O)Cc2cccc(CCNC[C@@H](O[Si](C)(C)C(C)(C)C)c3ccc(OCc4ccccc4)c(NC=O)c3)c2)cc1C. The first kappa shape index (κ1) is 37.6. The number of ether oxygens (including phenoxy) is 1. The first-order chi connectivity index (χ1) is 23.3. The summed E-state index contributed by atoms with van der Waals surface area (Å²) in [6.07, 6.45) is 1.62. The van der Waals surface area contributed by atoms with E-state index in [4.69, 9.17) is 9.16 Å². The summed E-state index contributed by atoms with van der Waals surface area (Å²) >= 11 is 0. The molecule has 4 rings (SSSR count). The van der Waals surface area contributed by atoms with Gasteiger partial charge in [-0.15, -0.1) is 0 Å². The minimum Gasteiger partial charge on any atom is -0.487 e. The molecule has 0 aromatic heterocycles. The van der Waals surface area contributed by atoms with Crippen molar-refractivity contribution in [1.82, 2.24) is 10.6 Å². The Morgan fingerprint density at radius 3 is 2.29 bits per heavy atom. The zero-order chi connectivity index (χ0) is 35.4. The van der Waals surface area contributed by atoms with E-state index in [0.717, 1.165) is 35.2 Å². The van der Waals surface area contributed by atoms with E-state index in [-0.39, 0.29) is 17.0 Å². The predicted octanol–water partition coefficient (Wildman–Crippen LogP) is 8.20. The molecule has 0 saturated carbocycles. The molecule has 0 saturated heterocycles. The van der Waals surface area contributed by atoms with Crippen LogP contribution in [0.25, 0.3) is 0 Å². The number of benzene rings is 4. The fraction of sp³-hybridized carbons (Fsp3) is 0.366. The fourth-order valence-corrected chi connectivity index (χ4v) is 6.55. The highest BCUT2D eigenvalue weighted by Crippen LogP contribution is 2.40. The Labute approximate surface area is 294 Å². The van der Waals surface area contributed by atoms with Gasteiger partial charge in [-0.25, -0.2) is 0 Å². The molecule has 260 valence electrons. The number of nitrogens with one attached hydrogen (secondary N) is 3. The average Bonchev–Trinajstić information content (AvgIpc) is 3.06. The topological polar surface area (TPSA) is 88.7 Å². The largest absolute Gasteiger partial charge is 0.487 e. The lowest BCUT2D eigenvalue weighted by Crippen LogP contribution is -2.43. The van der Waals surface area contributed by atoms with Crippen molar-refractivity contribution in [3.63, 3.8) is 0 Å². The maximum absolute atomic E-state index is 12.7. The Morgan fingerprint density at radius 2 is 1.57 bits per heavy atom. The molecule has 0 aliphatic heterocycles. The molecule has 49 heavy (non-hydrogen) atoms. The van der Waals surface area contributed by atoms with Gasteiger partial charge in [0.25, 0.3) is 0 Å². The van der Waals surface area contributed by atoms with Crippen LogP contribution in [0.5, 0.6) is 5.75 Å². The molecule has 0 spiro atoms. The van der Waals surface area contributed by atoms with Gasteiger partial charge in [0, 0.05) is 13.1 Å². The summed E-state index contributed by atoms with van der Waals surface area (Å²) in [6.45, 7) is 17.7. The van der Waals surface area contributed by atoms with Gasteiger partial charge in [-0.05, 0) is 96.0 Å². The molecule has 0 aliphatic carbocycles. The van der Waals surface area contributed by atoms with Crippen LogP contribution in [0.3, 0.4) is 0 Å². The lowest BCUT2D eigenvalue weighted by molar-refractivity contribution is -0.120. The molecular formula is C41H53N3O4Si. The van der Waals surface area contributed by atoms with Crippen LogP contribution in [0.1, 0.15) is 65.8 Å². The van der Waals surface area contributed by atoms with E-state index in [1.54, 1.807) is 0 Å². The first-order valence-electron chi connectivity index (χ1n) is 17.1. The molecule has 2 amide bonds. The van der Waals surface area contributed by atoms with Crippen LogP contribution in [0.4, 0.5) is 5.69 Å². The molecule has 0 aliphatic rings. The average molecular weight is 680 g/mol. The molecule has 0 radical (unpaired) electrons. The predicted molar refractivity (Wildman–Crippen MR) is 202 cm³/mol. The van der Waals surface area contributed by atoms with Crippen LogP contribution in [-0.4, -0.2) is 33.7 Å². The van der Waals surface area contributed by atoms with Gasteiger partial charge < -0.3 is 25.1 Å². The summed E-state index contributed by atoms with van der Waals surface area (Å²) in [5.41, 5.74) is 8.40. The normalized spacial score (nSPS) is 12.3. The number of anilines is 1. The van der Waals surface area contributed by atoms with Gasteiger partial charge in [-0.3, -0.25) is 9.59 Å². The van der Waals surface area contributed by atoms with Crippen LogP contribution in [0, 0.1) is 13.8 Å².